The molecule has 1 amide bonds. The molecular weight excluding hydrogens is 477 g/mol. The van der Waals surface area contributed by atoms with Crippen LogP contribution >= 0.6 is 24.8 Å². The third kappa shape index (κ3) is 5.26. The molecule has 2 aliphatic heterocycles. The Kier molecular flexibility index (Phi) is 9.65. The van der Waals surface area contributed by atoms with Gasteiger partial charge in [-0.25, -0.2) is 14.8 Å². The fraction of sp³-hybridized carbons (Fsp3) is 0.391. The van der Waals surface area contributed by atoms with Crippen molar-refractivity contribution in [2.24, 2.45) is 10.7 Å². The van der Waals surface area contributed by atoms with Crippen LogP contribution in [0.5, 0.6) is 0 Å². The van der Waals surface area contributed by atoms with Crippen molar-refractivity contribution in [1.82, 2.24) is 15.4 Å². The number of pyridine rings is 1. The number of nitrogens with two attached hydrogens (primary N) is 1. The first-order chi connectivity index (χ1) is 15.6. The minimum atomic E-state index is -1.14. The first-order valence-electron chi connectivity index (χ1n) is 10.8. The first kappa shape index (κ1) is 27.3. The number of rotatable bonds is 6. The SMILES string of the molecule is CCCNc1ncc(C2(c3ccc4c(c3)CCN(C(=O)CN)CC4)N=CNO2)cc1C#N.Cl.Cl. The quantitative estimate of drug-likeness (QED) is 0.548. The molecule has 34 heavy (non-hydrogen) atoms. The number of fused-ring (bicyclic) bond motifs is 1. The molecule has 2 aliphatic rings. The topological polar surface area (TPSA) is 129 Å². The number of aliphatic imine (C=N–C) groups is 1. The van der Waals surface area contributed by atoms with Crippen LogP contribution in [0.25, 0.3) is 0 Å². The van der Waals surface area contributed by atoms with Gasteiger partial charge in [-0.2, -0.15) is 5.26 Å². The van der Waals surface area contributed by atoms with Gasteiger partial charge in [-0.15, -0.1) is 24.8 Å². The molecule has 4 N–H and O–H groups in total. The van der Waals surface area contributed by atoms with Crippen LogP contribution in [-0.2, 0) is 28.2 Å². The number of carbonyl (C=O) groups is 1. The second kappa shape index (κ2) is 12.0. The Hall–Kier alpha value is -2.90. The van der Waals surface area contributed by atoms with Crippen LogP contribution in [0.15, 0.2) is 35.5 Å². The van der Waals surface area contributed by atoms with Crippen molar-refractivity contribution in [3.8, 4) is 6.07 Å². The van der Waals surface area contributed by atoms with Gasteiger partial charge in [-0.05, 0) is 36.5 Å². The average Bonchev–Trinajstić information content (AvgIpc) is 3.24. The van der Waals surface area contributed by atoms with Crippen LogP contribution in [0.4, 0.5) is 5.82 Å². The van der Waals surface area contributed by atoms with Crippen molar-refractivity contribution in [2.45, 2.75) is 31.9 Å². The number of benzene rings is 1. The summed E-state index contributed by atoms with van der Waals surface area (Å²) >= 11 is 0. The molecule has 9 nitrogen and oxygen atoms in total. The Morgan fingerprint density at radius 3 is 2.68 bits per heavy atom. The Bertz CT molecular complexity index is 1090. The largest absolute Gasteiger partial charge is 0.369 e. The lowest BCUT2D eigenvalue weighted by molar-refractivity contribution is -0.129. The number of anilines is 1. The zero-order valence-corrected chi connectivity index (χ0v) is 20.5. The van der Waals surface area contributed by atoms with E-state index < -0.39 is 5.72 Å². The maximum atomic E-state index is 12.1. The molecule has 1 unspecified atom stereocenters. The molecular formula is C23H29Cl2N7O2. The first-order valence-corrected chi connectivity index (χ1v) is 10.8. The summed E-state index contributed by atoms with van der Waals surface area (Å²) in [4.78, 5) is 28.8. The lowest BCUT2D eigenvalue weighted by Gasteiger charge is -2.26. The molecule has 0 saturated heterocycles. The summed E-state index contributed by atoms with van der Waals surface area (Å²) in [5.74, 6) is 0.518. The van der Waals surface area contributed by atoms with E-state index in [2.05, 4.69) is 45.9 Å². The number of carbonyl (C=O) groups excluding carboxylic acids is 1. The van der Waals surface area contributed by atoms with Crippen LogP contribution in [0.3, 0.4) is 0 Å². The minimum absolute atomic E-state index is 0. The molecule has 2 aromatic rings. The zero-order valence-electron chi connectivity index (χ0n) is 18.9. The second-order valence-electron chi connectivity index (χ2n) is 7.85. The van der Waals surface area contributed by atoms with Crippen molar-refractivity contribution in [3.05, 3.63) is 58.3 Å². The number of halogens is 2. The fourth-order valence-corrected chi connectivity index (χ4v) is 4.12. The molecule has 1 atom stereocenters. The molecule has 4 rings (SSSR count). The van der Waals surface area contributed by atoms with Crippen LogP contribution in [-0.4, -0.2) is 48.3 Å². The monoisotopic (exact) mass is 505 g/mol. The zero-order chi connectivity index (χ0) is 22.6. The summed E-state index contributed by atoms with van der Waals surface area (Å²) in [6.07, 6.45) is 5.62. The van der Waals surface area contributed by atoms with E-state index in [4.69, 9.17) is 10.6 Å². The van der Waals surface area contributed by atoms with Crippen LogP contribution in [0, 0.1) is 11.3 Å². The maximum Gasteiger partial charge on any atom is 0.239 e. The van der Waals surface area contributed by atoms with Crippen molar-refractivity contribution in [1.29, 1.82) is 5.26 Å². The third-order valence-corrected chi connectivity index (χ3v) is 5.87. The molecule has 0 aliphatic carbocycles. The van der Waals surface area contributed by atoms with E-state index in [1.165, 1.54) is 11.9 Å². The van der Waals surface area contributed by atoms with E-state index in [-0.39, 0.29) is 37.3 Å². The second-order valence-corrected chi connectivity index (χ2v) is 7.85. The predicted octanol–water partition coefficient (Wildman–Crippen LogP) is 2.27. The molecule has 0 fully saturated rings. The van der Waals surface area contributed by atoms with E-state index in [1.54, 1.807) is 12.3 Å². The van der Waals surface area contributed by atoms with Gasteiger partial charge in [0, 0.05) is 37.0 Å². The highest BCUT2D eigenvalue weighted by atomic mass is 35.5. The Labute approximate surface area is 211 Å². The lowest BCUT2D eigenvalue weighted by atomic mass is 9.91. The highest BCUT2D eigenvalue weighted by molar-refractivity contribution is 5.85. The maximum absolute atomic E-state index is 12.1. The summed E-state index contributed by atoms with van der Waals surface area (Å²) in [6, 6.07) is 10.1. The van der Waals surface area contributed by atoms with Crippen molar-refractivity contribution in [3.63, 3.8) is 0 Å². The lowest BCUT2D eigenvalue weighted by Crippen LogP contribution is -2.37. The van der Waals surface area contributed by atoms with Gasteiger partial charge in [0.2, 0.25) is 11.6 Å². The van der Waals surface area contributed by atoms with Gasteiger partial charge in [0.05, 0.1) is 12.1 Å². The van der Waals surface area contributed by atoms with Gasteiger partial charge in [0.1, 0.15) is 18.2 Å². The molecule has 0 bridgehead atoms. The number of hydroxylamine groups is 1. The standard InChI is InChI=1S/C23H27N7O2.2ClH/c1-2-7-26-22-18(12-24)11-20(14-27-22)23(28-15-29-32-23)19-4-3-16-5-8-30(21(31)13-25)9-6-17(16)10-19;;/h3-4,10-11,14-15H,2,5-9,13,25H2,1H3,(H,26,27)(H,28,29);2*1H. The number of nitrogens with zero attached hydrogens (tertiary/aromatic N) is 4. The van der Waals surface area contributed by atoms with E-state index >= 15 is 0 Å². The van der Waals surface area contributed by atoms with Crippen LogP contribution in [0.2, 0.25) is 0 Å². The van der Waals surface area contributed by atoms with Crippen LogP contribution in [0.1, 0.15) is 41.2 Å². The van der Waals surface area contributed by atoms with Crippen LogP contribution < -0.4 is 16.5 Å². The number of nitrogens with one attached hydrogen (secondary N) is 2. The Balaban J connectivity index is 0.00000204. The minimum Gasteiger partial charge on any atom is -0.369 e. The molecule has 0 radical (unpaired) electrons. The molecule has 3 heterocycles. The van der Waals surface area contributed by atoms with Crippen molar-refractivity contribution in [2.75, 3.05) is 31.5 Å². The summed E-state index contributed by atoms with van der Waals surface area (Å²) in [5, 5.41) is 12.8. The molecule has 11 heteroatoms. The van der Waals surface area contributed by atoms with Gasteiger partial charge in [0.15, 0.2) is 0 Å². The van der Waals surface area contributed by atoms with Crippen molar-refractivity contribution < 1.29 is 9.63 Å². The number of hydrogen-bond donors (Lipinski definition) is 3. The van der Waals surface area contributed by atoms with E-state index in [9.17, 15) is 10.1 Å². The number of hydrogen-bond acceptors (Lipinski definition) is 8. The van der Waals surface area contributed by atoms with E-state index in [1.807, 2.05) is 11.0 Å². The Morgan fingerprint density at radius 2 is 2.03 bits per heavy atom. The Morgan fingerprint density at radius 1 is 1.26 bits per heavy atom. The number of amides is 1. The summed E-state index contributed by atoms with van der Waals surface area (Å²) in [6.45, 7) is 4.09. The van der Waals surface area contributed by atoms with Gasteiger partial charge in [-0.1, -0.05) is 25.1 Å². The average molecular weight is 506 g/mol. The fourth-order valence-electron chi connectivity index (χ4n) is 4.12. The summed E-state index contributed by atoms with van der Waals surface area (Å²) < 4.78 is 0. The molecule has 182 valence electrons. The van der Waals surface area contributed by atoms with E-state index in [0.717, 1.165) is 36.9 Å². The molecule has 1 aromatic carbocycles. The van der Waals surface area contributed by atoms with Gasteiger partial charge in [0.25, 0.3) is 0 Å². The highest BCUT2D eigenvalue weighted by Gasteiger charge is 2.40. The van der Waals surface area contributed by atoms with Gasteiger partial charge >= 0.3 is 0 Å². The highest BCUT2D eigenvalue weighted by Crippen LogP contribution is 2.38. The number of nitriles is 1. The van der Waals surface area contributed by atoms with E-state index in [0.29, 0.717) is 30.0 Å². The summed E-state index contributed by atoms with van der Waals surface area (Å²) in [7, 11) is 0. The summed E-state index contributed by atoms with van der Waals surface area (Å²) in [5.41, 5.74) is 11.4. The van der Waals surface area contributed by atoms with Crippen molar-refractivity contribution >= 4 is 42.9 Å². The van der Waals surface area contributed by atoms with Gasteiger partial charge in [-0.3, -0.25) is 10.3 Å². The normalized spacial score (nSPS) is 18.4. The van der Waals surface area contributed by atoms with Gasteiger partial charge < -0.3 is 16.0 Å². The number of aromatic nitrogens is 1. The molecule has 1 aromatic heterocycles. The smallest absolute Gasteiger partial charge is 0.239 e. The third-order valence-electron chi connectivity index (χ3n) is 5.87. The molecule has 0 saturated carbocycles. The predicted molar refractivity (Wildman–Crippen MR) is 135 cm³/mol. The molecule has 0 spiro atoms.